The van der Waals surface area contributed by atoms with E-state index in [0.717, 1.165) is 17.7 Å². The third kappa shape index (κ3) is 4.89. The van der Waals surface area contributed by atoms with Gasteiger partial charge in [-0.1, -0.05) is 17.7 Å². The van der Waals surface area contributed by atoms with Crippen molar-refractivity contribution in [2.24, 2.45) is 0 Å². The fourth-order valence-corrected chi connectivity index (χ4v) is 2.58. The molecule has 0 spiro atoms. The molecule has 148 valence electrons. The summed E-state index contributed by atoms with van der Waals surface area (Å²) in [5.74, 6) is -1.52. The second-order valence-corrected chi connectivity index (χ2v) is 6.00. The molecule has 28 heavy (non-hydrogen) atoms. The van der Waals surface area contributed by atoms with Gasteiger partial charge in [0.1, 0.15) is 5.56 Å². The molecule has 0 fully saturated rings. The van der Waals surface area contributed by atoms with E-state index in [0.29, 0.717) is 10.7 Å². The average molecular weight is 409 g/mol. The van der Waals surface area contributed by atoms with Gasteiger partial charge >= 0.3 is 5.97 Å². The first-order valence-electron chi connectivity index (χ1n) is 7.90. The smallest absolute Gasteiger partial charge is 0.345 e. The summed E-state index contributed by atoms with van der Waals surface area (Å²) in [5.41, 5.74) is 0.356. The minimum atomic E-state index is -1.06. The molecule has 2 aromatic rings. The summed E-state index contributed by atoms with van der Waals surface area (Å²) in [7, 11) is 2.62. The molecule has 0 saturated heterocycles. The number of carbonyl (C=O) groups is 2. The topological polar surface area (TPSA) is 117 Å². The zero-order valence-corrected chi connectivity index (χ0v) is 16.0. The number of nitro benzene ring substituents is 1. The Morgan fingerprint density at radius 1 is 1.14 bits per heavy atom. The molecule has 1 N–H and O–H groups in total. The number of aryl methyl sites for hydroxylation is 1. The van der Waals surface area contributed by atoms with Gasteiger partial charge in [0.15, 0.2) is 18.1 Å². The third-order valence-electron chi connectivity index (χ3n) is 3.65. The van der Waals surface area contributed by atoms with Crippen LogP contribution >= 0.6 is 11.6 Å². The number of amides is 1. The predicted octanol–water partition coefficient (Wildman–Crippen LogP) is 3.37. The molecule has 0 aliphatic rings. The summed E-state index contributed by atoms with van der Waals surface area (Å²) in [4.78, 5) is 34.8. The molecule has 2 aromatic carbocycles. The van der Waals surface area contributed by atoms with Gasteiger partial charge in [-0.05, 0) is 24.6 Å². The van der Waals surface area contributed by atoms with Gasteiger partial charge in [-0.2, -0.15) is 0 Å². The summed E-state index contributed by atoms with van der Waals surface area (Å²) in [5, 5.41) is 14.1. The molecule has 0 radical (unpaired) electrons. The Kier molecular flexibility index (Phi) is 6.78. The highest BCUT2D eigenvalue weighted by Crippen LogP contribution is 2.34. The molecule has 2 rings (SSSR count). The molecular formula is C18H17ClN2O7. The maximum atomic E-state index is 12.3. The maximum absolute atomic E-state index is 12.3. The Morgan fingerprint density at radius 2 is 1.79 bits per heavy atom. The highest BCUT2D eigenvalue weighted by molar-refractivity contribution is 6.33. The molecule has 0 bridgehead atoms. The highest BCUT2D eigenvalue weighted by atomic mass is 35.5. The molecule has 0 saturated carbocycles. The van der Waals surface area contributed by atoms with Crippen LogP contribution in [0, 0.1) is 17.0 Å². The average Bonchev–Trinajstić information content (AvgIpc) is 2.67. The lowest BCUT2D eigenvalue weighted by atomic mass is 10.1. The van der Waals surface area contributed by atoms with E-state index in [4.69, 9.17) is 25.8 Å². The Hall–Kier alpha value is -3.33. The van der Waals surface area contributed by atoms with E-state index < -0.39 is 29.1 Å². The van der Waals surface area contributed by atoms with Crippen LogP contribution in [0.4, 0.5) is 11.4 Å². The summed E-state index contributed by atoms with van der Waals surface area (Å²) in [6.45, 7) is 1.18. The molecule has 0 atom stereocenters. The highest BCUT2D eigenvalue weighted by Gasteiger charge is 2.26. The fourth-order valence-electron chi connectivity index (χ4n) is 2.30. The Morgan fingerprint density at radius 3 is 2.36 bits per heavy atom. The second kappa shape index (κ2) is 9.05. The minimum absolute atomic E-state index is 0.0810. The van der Waals surface area contributed by atoms with E-state index in [1.165, 1.54) is 14.2 Å². The second-order valence-electron chi connectivity index (χ2n) is 5.59. The largest absolute Gasteiger partial charge is 0.493 e. The molecule has 0 aliphatic heterocycles. The number of anilines is 1. The van der Waals surface area contributed by atoms with E-state index >= 15 is 0 Å². The number of ether oxygens (including phenoxy) is 3. The molecule has 10 heteroatoms. The Labute approximate surface area is 165 Å². The number of hydrogen-bond acceptors (Lipinski definition) is 7. The van der Waals surface area contributed by atoms with Crippen LogP contribution in [0.2, 0.25) is 5.02 Å². The van der Waals surface area contributed by atoms with Crippen LogP contribution in [0.3, 0.4) is 0 Å². The summed E-state index contributed by atoms with van der Waals surface area (Å²) >= 11 is 6.03. The number of nitrogens with zero attached hydrogens (tertiary/aromatic N) is 1. The third-order valence-corrected chi connectivity index (χ3v) is 3.96. The monoisotopic (exact) mass is 408 g/mol. The molecule has 1 amide bonds. The van der Waals surface area contributed by atoms with Crippen LogP contribution < -0.4 is 14.8 Å². The quantitative estimate of drug-likeness (QED) is 0.424. The normalized spacial score (nSPS) is 10.1. The summed E-state index contributed by atoms with van der Waals surface area (Å²) < 4.78 is 14.9. The van der Waals surface area contributed by atoms with E-state index in [2.05, 4.69) is 5.32 Å². The predicted molar refractivity (Wildman–Crippen MR) is 101 cm³/mol. The van der Waals surface area contributed by atoms with Crippen LogP contribution in [0.5, 0.6) is 11.5 Å². The van der Waals surface area contributed by atoms with Crippen molar-refractivity contribution in [2.45, 2.75) is 6.92 Å². The van der Waals surface area contributed by atoms with Crippen molar-refractivity contribution in [1.29, 1.82) is 0 Å². The number of nitro groups is 1. The van der Waals surface area contributed by atoms with E-state index in [-0.39, 0.29) is 17.1 Å². The van der Waals surface area contributed by atoms with Crippen LogP contribution in [0.15, 0.2) is 30.3 Å². The number of rotatable bonds is 7. The molecule has 9 nitrogen and oxygen atoms in total. The number of benzene rings is 2. The summed E-state index contributed by atoms with van der Waals surface area (Å²) in [6.07, 6.45) is 0. The van der Waals surface area contributed by atoms with Gasteiger partial charge in [0.25, 0.3) is 11.6 Å². The molecule has 0 heterocycles. The molecule has 0 aromatic heterocycles. The van der Waals surface area contributed by atoms with Gasteiger partial charge in [0.05, 0.1) is 35.9 Å². The van der Waals surface area contributed by atoms with Crippen molar-refractivity contribution in [3.63, 3.8) is 0 Å². The van der Waals surface area contributed by atoms with Crippen molar-refractivity contribution in [3.05, 3.63) is 56.6 Å². The summed E-state index contributed by atoms with van der Waals surface area (Å²) in [6, 6.07) is 7.18. The SMILES string of the molecule is COc1cc(C(=O)OCC(=O)Nc2ccc(C)cc2Cl)c([N+](=O)[O-])cc1OC. The van der Waals surface area contributed by atoms with Gasteiger partial charge in [0, 0.05) is 6.07 Å². The Bertz CT molecular complexity index is 930. The van der Waals surface area contributed by atoms with Crippen molar-refractivity contribution < 1.29 is 28.7 Å². The first-order valence-corrected chi connectivity index (χ1v) is 8.28. The number of halogens is 1. The number of hydrogen-bond donors (Lipinski definition) is 1. The minimum Gasteiger partial charge on any atom is -0.493 e. The maximum Gasteiger partial charge on any atom is 0.345 e. The van der Waals surface area contributed by atoms with Gasteiger partial charge in [-0.3, -0.25) is 14.9 Å². The molecule has 0 unspecified atom stereocenters. The lowest BCUT2D eigenvalue weighted by molar-refractivity contribution is -0.385. The first-order chi connectivity index (χ1) is 13.3. The lowest BCUT2D eigenvalue weighted by Crippen LogP contribution is -2.21. The van der Waals surface area contributed by atoms with Crippen molar-refractivity contribution in [2.75, 3.05) is 26.1 Å². The van der Waals surface area contributed by atoms with Gasteiger partial charge in [0.2, 0.25) is 0 Å². The van der Waals surface area contributed by atoms with E-state index in [1.54, 1.807) is 18.2 Å². The van der Waals surface area contributed by atoms with Crippen LogP contribution in [0.25, 0.3) is 0 Å². The van der Waals surface area contributed by atoms with Gasteiger partial charge in [-0.15, -0.1) is 0 Å². The van der Waals surface area contributed by atoms with E-state index in [9.17, 15) is 19.7 Å². The number of carbonyl (C=O) groups excluding carboxylic acids is 2. The standard InChI is InChI=1S/C18H17ClN2O7/c1-10-4-5-13(12(19)6-10)20-17(22)9-28-18(23)11-7-15(26-2)16(27-3)8-14(11)21(24)25/h4-8H,9H2,1-3H3,(H,20,22). The molecule has 0 aliphatic carbocycles. The Balaban J connectivity index is 2.13. The van der Waals surface area contributed by atoms with Crippen molar-refractivity contribution in [1.82, 2.24) is 0 Å². The zero-order chi connectivity index (χ0) is 20.8. The number of methoxy groups -OCH3 is 2. The van der Waals surface area contributed by atoms with Crippen molar-refractivity contribution in [3.8, 4) is 11.5 Å². The van der Waals surface area contributed by atoms with Crippen molar-refractivity contribution >= 4 is 34.9 Å². The lowest BCUT2D eigenvalue weighted by Gasteiger charge is -2.11. The van der Waals surface area contributed by atoms with Crippen LogP contribution in [-0.4, -0.2) is 37.6 Å². The van der Waals surface area contributed by atoms with Crippen LogP contribution in [0.1, 0.15) is 15.9 Å². The zero-order valence-electron chi connectivity index (χ0n) is 15.3. The van der Waals surface area contributed by atoms with Gasteiger partial charge < -0.3 is 19.5 Å². The van der Waals surface area contributed by atoms with Gasteiger partial charge in [-0.25, -0.2) is 4.79 Å². The fraction of sp³-hybridized carbons (Fsp3) is 0.222. The van der Waals surface area contributed by atoms with Crippen LogP contribution in [-0.2, 0) is 9.53 Å². The number of nitrogens with one attached hydrogen (secondary N) is 1. The molecular weight excluding hydrogens is 392 g/mol. The first kappa shape index (κ1) is 21.0. The number of esters is 1. The van der Waals surface area contributed by atoms with E-state index in [1.807, 2.05) is 6.92 Å².